The summed E-state index contributed by atoms with van der Waals surface area (Å²) in [5, 5.41) is 8.72. The highest BCUT2D eigenvalue weighted by Crippen LogP contribution is 2.19. The summed E-state index contributed by atoms with van der Waals surface area (Å²) in [6, 6.07) is 4.24. The third kappa shape index (κ3) is 3.81. The van der Waals surface area contributed by atoms with Gasteiger partial charge in [-0.1, -0.05) is 0 Å². The van der Waals surface area contributed by atoms with Crippen LogP contribution in [0, 0.1) is 13.8 Å². The van der Waals surface area contributed by atoms with Crippen LogP contribution in [0.25, 0.3) is 0 Å². The molecule has 0 bridgehead atoms. The van der Waals surface area contributed by atoms with E-state index in [9.17, 15) is 4.79 Å². The Labute approximate surface area is 137 Å². The van der Waals surface area contributed by atoms with E-state index in [1.54, 1.807) is 6.20 Å². The molecule has 3 rings (SSSR count). The van der Waals surface area contributed by atoms with Gasteiger partial charge >= 0.3 is 0 Å². The number of aromatic nitrogens is 4. The van der Waals surface area contributed by atoms with Crippen LogP contribution in [0.4, 0.5) is 0 Å². The third-order valence-electron chi connectivity index (χ3n) is 4.55. The van der Waals surface area contributed by atoms with Gasteiger partial charge in [0.15, 0.2) is 0 Å². The van der Waals surface area contributed by atoms with E-state index in [2.05, 4.69) is 15.1 Å². The molecule has 0 N–H and O–H groups in total. The summed E-state index contributed by atoms with van der Waals surface area (Å²) in [6.45, 7) is 6.33. The lowest BCUT2D eigenvalue weighted by molar-refractivity contribution is -0.135. The number of likely N-dealkylation sites (tertiary alicyclic amines) is 1. The summed E-state index contributed by atoms with van der Waals surface area (Å²) in [7, 11) is 0. The highest BCUT2D eigenvalue weighted by atomic mass is 16.2. The van der Waals surface area contributed by atoms with E-state index in [0.29, 0.717) is 13.0 Å². The summed E-state index contributed by atoms with van der Waals surface area (Å²) in [5.74, 6) is 0.231. The number of hydrogen-bond acceptors (Lipinski definition) is 3. The number of piperidine rings is 1. The van der Waals surface area contributed by atoms with Crippen LogP contribution in [0.1, 0.15) is 37.1 Å². The van der Waals surface area contributed by atoms with Gasteiger partial charge in [-0.3, -0.25) is 14.2 Å². The second-order valence-corrected chi connectivity index (χ2v) is 6.37. The largest absolute Gasteiger partial charge is 0.338 e. The lowest BCUT2D eigenvalue weighted by atomic mass is 10.0. The predicted molar refractivity (Wildman–Crippen MR) is 87.9 cm³/mol. The van der Waals surface area contributed by atoms with Gasteiger partial charge in [0.2, 0.25) is 5.91 Å². The zero-order valence-corrected chi connectivity index (χ0v) is 14.0. The van der Waals surface area contributed by atoms with Gasteiger partial charge in [0.05, 0.1) is 18.3 Å². The van der Waals surface area contributed by atoms with E-state index in [1.165, 1.54) is 6.42 Å². The molecule has 0 saturated carbocycles. The van der Waals surface area contributed by atoms with Crippen LogP contribution in [-0.4, -0.2) is 43.0 Å². The van der Waals surface area contributed by atoms with Gasteiger partial charge in [-0.15, -0.1) is 0 Å². The Bertz CT molecular complexity index is 646. The van der Waals surface area contributed by atoms with E-state index in [4.69, 9.17) is 0 Å². The van der Waals surface area contributed by atoms with Crippen LogP contribution < -0.4 is 0 Å². The number of rotatable bonds is 5. The molecule has 2 aromatic heterocycles. The molecule has 2 aromatic rings. The minimum absolute atomic E-state index is 0.231. The van der Waals surface area contributed by atoms with E-state index in [-0.39, 0.29) is 11.9 Å². The number of nitrogens with zero attached hydrogens (tertiary/aromatic N) is 5. The predicted octanol–water partition coefficient (Wildman–Crippen LogP) is 2.17. The molecule has 0 aliphatic carbocycles. The molecular formula is C17H25N5O. The van der Waals surface area contributed by atoms with Crippen molar-refractivity contribution in [1.82, 2.24) is 24.5 Å². The van der Waals surface area contributed by atoms with Crippen LogP contribution in [-0.2, 0) is 17.9 Å². The molecule has 1 atom stereocenters. The molecular weight excluding hydrogens is 290 g/mol. The van der Waals surface area contributed by atoms with Gasteiger partial charge in [-0.2, -0.15) is 10.2 Å². The molecule has 1 saturated heterocycles. The van der Waals surface area contributed by atoms with Gasteiger partial charge in [0.1, 0.15) is 0 Å². The number of aryl methyl sites for hydroxylation is 3. The Kier molecular flexibility index (Phi) is 4.79. The van der Waals surface area contributed by atoms with Crippen LogP contribution >= 0.6 is 0 Å². The van der Waals surface area contributed by atoms with Gasteiger partial charge < -0.3 is 4.90 Å². The van der Waals surface area contributed by atoms with E-state index in [1.807, 2.05) is 41.5 Å². The number of carbonyl (C=O) groups excluding carboxylic acids is 1. The maximum atomic E-state index is 12.7. The summed E-state index contributed by atoms with van der Waals surface area (Å²) >= 11 is 0. The second kappa shape index (κ2) is 6.98. The topological polar surface area (TPSA) is 56.0 Å². The van der Waals surface area contributed by atoms with E-state index < -0.39 is 0 Å². The quantitative estimate of drug-likeness (QED) is 0.849. The normalized spacial score (nSPS) is 18.3. The van der Waals surface area contributed by atoms with E-state index >= 15 is 0 Å². The number of amides is 1. The maximum absolute atomic E-state index is 12.7. The fraction of sp³-hybridized carbons (Fsp3) is 0.588. The summed E-state index contributed by atoms with van der Waals surface area (Å²) in [5.41, 5.74) is 2.12. The molecule has 0 aromatic carbocycles. The summed E-state index contributed by atoms with van der Waals surface area (Å²) < 4.78 is 3.86. The van der Waals surface area contributed by atoms with Crippen molar-refractivity contribution in [3.05, 3.63) is 35.9 Å². The lowest BCUT2D eigenvalue weighted by Crippen LogP contribution is -2.46. The Hall–Kier alpha value is -2.11. The molecule has 1 aliphatic heterocycles. The summed E-state index contributed by atoms with van der Waals surface area (Å²) in [4.78, 5) is 14.7. The van der Waals surface area contributed by atoms with Crippen molar-refractivity contribution in [2.75, 3.05) is 6.54 Å². The molecule has 124 valence electrons. The standard InChI is InChI=1S/C17H25N5O/c1-14-12-15(2)22(19-14)11-7-17(23)21-10-4-3-6-16(21)13-20-9-5-8-18-20/h5,8-9,12,16H,3-4,6-7,10-11,13H2,1-2H3/t16-/m0/s1. The molecule has 23 heavy (non-hydrogen) atoms. The average Bonchev–Trinajstić information content (AvgIpc) is 3.15. The molecule has 6 heteroatoms. The molecule has 1 fully saturated rings. The molecule has 0 unspecified atom stereocenters. The number of carbonyl (C=O) groups is 1. The average molecular weight is 315 g/mol. The minimum atomic E-state index is 0.231. The Balaban J connectivity index is 1.60. The number of hydrogen-bond donors (Lipinski definition) is 0. The Morgan fingerprint density at radius 3 is 2.91 bits per heavy atom. The Morgan fingerprint density at radius 2 is 2.22 bits per heavy atom. The van der Waals surface area contributed by atoms with Gasteiger partial charge in [0.25, 0.3) is 0 Å². The Morgan fingerprint density at radius 1 is 1.35 bits per heavy atom. The molecule has 0 radical (unpaired) electrons. The third-order valence-corrected chi connectivity index (χ3v) is 4.55. The summed E-state index contributed by atoms with van der Waals surface area (Å²) in [6.07, 6.45) is 7.61. The van der Waals surface area contributed by atoms with Crippen molar-refractivity contribution in [3.63, 3.8) is 0 Å². The molecule has 0 spiro atoms. The highest BCUT2D eigenvalue weighted by Gasteiger charge is 2.26. The lowest BCUT2D eigenvalue weighted by Gasteiger charge is -2.36. The zero-order valence-electron chi connectivity index (χ0n) is 14.0. The van der Waals surface area contributed by atoms with Crippen LogP contribution in [0.2, 0.25) is 0 Å². The molecule has 3 heterocycles. The van der Waals surface area contributed by atoms with Crippen LogP contribution in [0.3, 0.4) is 0 Å². The first kappa shape index (κ1) is 15.8. The van der Waals surface area contributed by atoms with Gasteiger partial charge in [-0.25, -0.2) is 0 Å². The van der Waals surface area contributed by atoms with Gasteiger partial charge in [-0.05, 0) is 45.2 Å². The molecule has 6 nitrogen and oxygen atoms in total. The monoisotopic (exact) mass is 315 g/mol. The van der Waals surface area contributed by atoms with Gasteiger partial charge in [0, 0.05) is 37.6 Å². The molecule has 1 amide bonds. The van der Waals surface area contributed by atoms with E-state index in [0.717, 1.165) is 37.3 Å². The van der Waals surface area contributed by atoms with Crippen molar-refractivity contribution in [1.29, 1.82) is 0 Å². The van der Waals surface area contributed by atoms with Crippen molar-refractivity contribution < 1.29 is 4.79 Å². The fourth-order valence-electron chi connectivity index (χ4n) is 3.39. The van der Waals surface area contributed by atoms with Crippen molar-refractivity contribution in [3.8, 4) is 0 Å². The maximum Gasteiger partial charge on any atom is 0.224 e. The van der Waals surface area contributed by atoms with Crippen molar-refractivity contribution in [2.45, 2.75) is 58.7 Å². The highest BCUT2D eigenvalue weighted by molar-refractivity contribution is 5.76. The first-order valence-electron chi connectivity index (χ1n) is 8.41. The van der Waals surface area contributed by atoms with Crippen molar-refractivity contribution in [2.24, 2.45) is 0 Å². The van der Waals surface area contributed by atoms with Crippen LogP contribution in [0.15, 0.2) is 24.5 Å². The zero-order chi connectivity index (χ0) is 16.2. The molecule has 1 aliphatic rings. The van der Waals surface area contributed by atoms with Crippen LogP contribution in [0.5, 0.6) is 0 Å². The first-order valence-corrected chi connectivity index (χ1v) is 8.41. The minimum Gasteiger partial charge on any atom is -0.338 e. The fourth-order valence-corrected chi connectivity index (χ4v) is 3.39. The first-order chi connectivity index (χ1) is 11.1. The second-order valence-electron chi connectivity index (χ2n) is 6.37. The van der Waals surface area contributed by atoms with Crippen molar-refractivity contribution >= 4 is 5.91 Å². The smallest absolute Gasteiger partial charge is 0.224 e. The SMILES string of the molecule is Cc1cc(C)n(CCC(=O)N2CCCC[C@H]2Cn2cccn2)n1.